The normalized spacial score (nSPS) is 11.2. The number of aromatic nitrogens is 4. The molecule has 0 spiro atoms. The van der Waals surface area contributed by atoms with Crippen LogP contribution in [0.4, 0.5) is 0 Å². The molecule has 0 aliphatic carbocycles. The molecule has 0 unspecified atom stereocenters. The number of hydrogen-bond donors (Lipinski definition) is 2. The largest absolute Gasteiger partial charge is 0.352 e. The van der Waals surface area contributed by atoms with Gasteiger partial charge in [-0.3, -0.25) is 4.98 Å². The highest BCUT2D eigenvalue weighted by molar-refractivity contribution is 14.0. The van der Waals surface area contributed by atoms with Crippen LogP contribution in [0.2, 0.25) is 0 Å². The Balaban J connectivity index is 0.00000272. The van der Waals surface area contributed by atoms with Gasteiger partial charge in [-0.2, -0.15) is 0 Å². The van der Waals surface area contributed by atoms with Gasteiger partial charge in [-0.15, -0.1) is 34.2 Å². The molecule has 160 valence electrons. The fraction of sp³-hybridized carbons (Fsp3) is 0.217. The Morgan fingerprint density at radius 3 is 2.45 bits per heavy atom. The van der Waals surface area contributed by atoms with Crippen molar-refractivity contribution in [2.24, 2.45) is 12.0 Å². The minimum absolute atomic E-state index is 0. The van der Waals surface area contributed by atoms with Crippen molar-refractivity contribution in [2.45, 2.75) is 26.6 Å². The smallest absolute Gasteiger partial charge is 0.192 e. The number of aliphatic imine (C=N–C) groups is 1. The number of para-hydroxylation sites is 1. The van der Waals surface area contributed by atoms with Crippen LogP contribution < -0.4 is 10.6 Å². The first-order valence-corrected chi connectivity index (χ1v) is 9.94. The van der Waals surface area contributed by atoms with Gasteiger partial charge in [0.15, 0.2) is 11.8 Å². The minimum Gasteiger partial charge on any atom is -0.352 e. The fourth-order valence-corrected chi connectivity index (χ4v) is 3.18. The Labute approximate surface area is 199 Å². The molecule has 4 aromatic rings. The van der Waals surface area contributed by atoms with Crippen molar-refractivity contribution in [1.82, 2.24) is 30.4 Å². The van der Waals surface area contributed by atoms with Crippen LogP contribution >= 0.6 is 24.0 Å². The van der Waals surface area contributed by atoms with E-state index in [9.17, 15) is 0 Å². The van der Waals surface area contributed by atoms with Crippen LogP contribution in [-0.2, 0) is 26.7 Å². The monoisotopic (exact) mass is 527 g/mol. The predicted molar refractivity (Wildman–Crippen MR) is 134 cm³/mol. The highest BCUT2D eigenvalue weighted by atomic mass is 127. The summed E-state index contributed by atoms with van der Waals surface area (Å²) in [6.45, 7) is 3.70. The summed E-state index contributed by atoms with van der Waals surface area (Å²) in [5.41, 5.74) is 3.31. The number of aryl methyl sites for hydroxylation is 1. The van der Waals surface area contributed by atoms with E-state index in [0.29, 0.717) is 19.6 Å². The molecule has 0 saturated heterocycles. The van der Waals surface area contributed by atoms with E-state index in [1.54, 1.807) is 0 Å². The van der Waals surface area contributed by atoms with Gasteiger partial charge in [0, 0.05) is 25.2 Å². The Kier molecular flexibility index (Phi) is 7.94. The van der Waals surface area contributed by atoms with E-state index in [0.717, 1.165) is 34.1 Å². The molecule has 2 aromatic heterocycles. The molecule has 0 aliphatic rings. The molecule has 0 fully saturated rings. The maximum atomic E-state index is 4.76. The third-order valence-electron chi connectivity index (χ3n) is 5.04. The SMILES string of the molecule is Cc1nnc(CNC(=NCc2ccccc2)NCc2ccnc3ccccc23)n1C.I. The van der Waals surface area contributed by atoms with E-state index in [1.165, 1.54) is 5.56 Å². The van der Waals surface area contributed by atoms with Gasteiger partial charge in [-0.05, 0) is 30.2 Å². The van der Waals surface area contributed by atoms with Crippen molar-refractivity contribution in [3.8, 4) is 0 Å². The second-order valence-corrected chi connectivity index (χ2v) is 7.07. The second-order valence-electron chi connectivity index (χ2n) is 7.07. The lowest BCUT2D eigenvalue weighted by molar-refractivity contribution is 0.714. The first-order chi connectivity index (χ1) is 14.7. The maximum Gasteiger partial charge on any atom is 0.192 e. The topological polar surface area (TPSA) is 80.0 Å². The van der Waals surface area contributed by atoms with Crippen LogP contribution in [0, 0.1) is 6.92 Å². The van der Waals surface area contributed by atoms with Crippen molar-refractivity contribution in [1.29, 1.82) is 0 Å². The van der Waals surface area contributed by atoms with Crippen LogP contribution in [0.5, 0.6) is 0 Å². The molecule has 31 heavy (non-hydrogen) atoms. The van der Waals surface area contributed by atoms with Crippen molar-refractivity contribution >= 4 is 40.8 Å². The first-order valence-electron chi connectivity index (χ1n) is 9.94. The van der Waals surface area contributed by atoms with E-state index in [-0.39, 0.29) is 24.0 Å². The van der Waals surface area contributed by atoms with Gasteiger partial charge >= 0.3 is 0 Å². The Morgan fingerprint density at radius 1 is 0.935 bits per heavy atom. The molecule has 8 heteroatoms. The molecule has 0 amide bonds. The zero-order valence-corrected chi connectivity index (χ0v) is 19.9. The summed E-state index contributed by atoms with van der Waals surface area (Å²) in [5.74, 6) is 2.46. The van der Waals surface area contributed by atoms with Crippen LogP contribution in [-0.4, -0.2) is 25.7 Å². The van der Waals surface area contributed by atoms with Crippen LogP contribution in [0.25, 0.3) is 10.9 Å². The average Bonchev–Trinajstić information content (AvgIpc) is 3.11. The molecule has 0 atom stereocenters. The van der Waals surface area contributed by atoms with Crippen molar-refractivity contribution in [3.05, 3.63) is 89.6 Å². The molecule has 4 rings (SSSR count). The molecule has 2 N–H and O–H groups in total. The highest BCUT2D eigenvalue weighted by Crippen LogP contribution is 2.15. The quantitative estimate of drug-likeness (QED) is 0.227. The molecule has 7 nitrogen and oxygen atoms in total. The fourth-order valence-electron chi connectivity index (χ4n) is 3.18. The molecular formula is C23H26IN7. The molecule has 0 bridgehead atoms. The first kappa shape index (κ1) is 22.7. The van der Waals surface area contributed by atoms with E-state index in [4.69, 9.17) is 4.99 Å². The van der Waals surface area contributed by atoms with Gasteiger partial charge < -0.3 is 15.2 Å². The third kappa shape index (κ3) is 5.78. The zero-order valence-electron chi connectivity index (χ0n) is 17.6. The number of benzene rings is 2. The highest BCUT2D eigenvalue weighted by Gasteiger charge is 2.08. The number of pyridine rings is 1. The number of hydrogen-bond acceptors (Lipinski definition) is 4. The minimum atomic E-state index is 0. The summed E-state index contributed by atoms with van der Waals surface area (Å²) < 4.78 is 1.97. The number of halogens is 1. The number of rotatable bonds is 6. The average molecular weight is 527 g/mol. The summed E-state index contributed by atoms with van der Waals surface area (Å²) in [5, 5.41) is 16.3. The Bertz CT molecular complexity index is 1150. The van der Waals surface area contributed by atoms with Crippen molar-refractivity contribution in [3.63, 3.8) is 0 Å². The Morgan fingerprint density at radius 2 is 1.68 bits per heavy atom. The summed E-state index contributed by atoms with van der Waals surface area (Å²) >= 11 is 0. The van der Waals surface area contributed by atoms with Crippen LogP contribution in [0.1, 0.15) is 22.8 Å². The zero-order chi connectivity index (χ0) is 20.8. The number of guanidine groups is 1. The molecule has 0 saturated carbocycles. The standard InChI is InChI=1S/C23H25N7.HI/c1-17-28-29-22(30(17)2)16-27-23(25-14-18-8-4-3-5-9-18)26-15-19-12-13-24-21-11-7-6-10-20(19)21;/h3-13H,14-16H2,1-2H3,(H2,25,26,27);1H. The molecule has 0 radical (unpaired) electrons. The van der Waals surface area contributed by atoms with Gasteiger partial charge in [0.25, 0.3) is 0 Å². The van der Waals surface area contributed by atoms with Gasteiger partial charge in [-0.25, -0.2) is 4.99 Å². The summed E-state index contributed by atoms with van der Waals surface area (Å²) in [6, 6.07) is 20.4. The number of nitrogens with zero attached hydrogens (tertiary/aromatic N) is 5. The summed E-state index contributed by atoms with van der Waals surface area (Å²) in [4.78, 5) is 9.20. The Hall–Kier alpha value is -3.01. The number of nitrogens with one attached hydrogen (secondary N) is 2. The van der Waals surface area contributed by atoms with Crippen molar-refractivity contribution in [2.75, 3.05) is 0 Å². The van der Waals surface area contributed by atoms with E-state index >= 15 is 0 Å². The molecule has 2 aromatic carbocycles. The number of fused-ring (bicyclic) bond motifs is 1. The lowest BCUT2D eigenvalue weighted by Crippen LogP contribution is -2.37. The predicted octanol–water partition coefficient (Wildman–Crippen LogP) is 3.73. The molecule has 2 heterocycles. The summed E-state index contributed by atoms with van der Waals surface area (Å²) in [6.07, 6.45) is 1.84. The molecule has 0 aliphatic heterocycles. The van der Waals surface area contributed by atoms with E-state index in [1.807, 2.05) is 67.2 Å². The van der Waals surface area contributed by atoms with Gasteiger partial charge in [0.2, 0.25) is 0 Å². The van der Waals surface area contributed by atoms with Gasteiger partial charge in [0.05, 0.1) is 18.6 Å². The van der Waals surface area contributed by atoms with E-state index in [2.05, 4.69) is 44.0 Å². The van der Waals surface area contributed by atoms with E-state index < -0.39 is 0 Å². The second kappa shape index (κ2) is 10.9. The summed E-state index contributed by atoms with van der Waals surface area (Å²) in [7, 11) is 1.96. The molecular weight excluding hydrogens is 501 g/mol. The van der Waals surface area contributed by atoms with Gasteiger partial charge in [-0.1, -0.05) is 48.5 Å². The lowest BCUT2D eigenvalue weighted by atomic mass is 10.1. The van der Waals surface area contributed by atoms with Crippen LogP contribution in [0.15, 0.2) is 71.9 Å². The van der Waals surface area contributed by atoms with Crippen LogP contribution in [0.3, 0.4) is 0 Å². The van der Waals surface area contributed by atoms with Crippen molar-refractivity contribution < 1.29 is 0 Å². The maximum absolute atomic E-state index is 4.76. The van der Waals surface area contributed by atoms with Gasteiger partial charge in [0.1, 0.15) is 5.82 Å². The lowest BCUT2D eigenvalue weighted by Gasteiger charge is -2.14. The third-order valence-corrected chi connectivity index (χ3v) is 5.04.